The molecule has 0 bridgehead atoms. The lowest BCUT2D eigenvalue weighted by atomic mass is 10.2. The minimum atomic E-state index is -0.902. The van der Waals surface area contributed by atoms with Gasteiger partial charge in [0, 0.05) is 17.4 Å². The van der Waals surface area contributed by atoms with E-state index in [4.69, 9.17) is 9.47 Å². The maximum Gasteiger partial charge on any atom is 0.329 e. The average Bonchev–Trinajstić information content (AvgIpc) is 2.84. The molecule has 0 atom stereocenters. The molecule has 0 aliphatic carbocycles. The largest absolute Gasteiger partial charge is 0.497 e. The van der Waals surface area contributed by atoms with Crippen LogP contribution in [0.5, 0.6) is 11.5 Å². The summed E-state index contributed by atoms with van der Waals surface area (Å²) in [6, 6.07) is 20.9. The molecule has 3 rings (SSSR count). The number of carbonyl (C=O) groups excluding carboxylic acids is 3. The fourth-order valence-electron chi connectivity index (χ4n) is 2.84. The SMILES string of the molecule is COc1cccc(NC(=O)COc2cccc(/C=N\NC(=O)C(=O)Nc3ccccc3C)c2)c1. The van der Waals surface area contributed by atoms with Gasteiger partial charge in [0.1, 0.15) is 11.5 Å². The number of benzene rings is 3. The molecule has 0 aliphatic rings. The van der Waals surface area contributed by atoms with Crippen LogP contribution >= 0.6 is 0 Å². The zero-order chi connectivity index (χ0) is 24.3. The van der Waals surface area contributed by atoms with E-state index in [0.717, 1.165) is 5.56 Å². The number of carbonyl (C=O) groups is 3. The van der Waals surface area contributed by atoms with Gasteiger partial charge in [-0.1, -0.05) is 36.4 Å². The van der Waals surface area contributed by atoms with Crippen molar-refractivity contribution in [2.24, 2.45) is 5.10 Å². The van der Waals surface area contributed by atoms with Crippen LogP contribution < -0.4 is 25.5 Å². The molecule has 34 heavy (non-hydrogen) atoms. The van der Waals surface area contributed by atoms with E-state index in [1.807, 2.05) is 19.1 Å². The number of hydrazone groups is 1. The van der Waals surface area contributed by atoms with Gasteiger partial charge in [-0.05, 0) is 48.4 Å². The summed E-state index contributed by atoms with van der Waals surface area (Å²) in [4.78, 5) is 36.1. The Morgan fingerprint density at radius 3 is 2.44 bits per heavy atom. The van der Waals surface area contributed by atoms with Gasteiger partial charge in [-0.2, -0.15) is 5.10 Å². The lowest BCUT2D eigenvalue weighted by Gasteiger charge is -2.09. The fraction of sp³-hybridized carbons (Fsp3) is 0.120. The monoisotopic (exact) mass is 460 g/mol. The molecule has 0 heterocycles. The Morgan fingerprint density at radius 2 is 1.65 bits per heavy atom. The number of hydrogen-bond acceptors (Lipinski definition) is 6. The van der Waals surface area contributed by atoms with E-state index in [-0.39, 0.29) is 12.5 Å². The molecule has 3 aromatic carbocycles. The predicted octanol–water partition coefficient (Wildman–Crippen LogP) is 3.11. The summed E-state index contributed by atoms with van der Waals surface area (Å²) in [5.74, 6) is -0.996. The average molecular weight is 460 g/mol. The van der Waals surface area contributed by atoms with E-state index < -0.39 is 11.8 Å². The van der Waals surface area contributed by atoms with Crippen LogP contribution in [0, 0.1) is 6.92 Å². The van der Waals surface area contributed by atoms with Crippen LogP contribution in [0.1, 0.15) is 11.1 Å². The molecule has 174 valence electrons. The first kappa shape index (κ1) is 24.0. The van der Waals surface area contributed by atoms with Crippen LogP contribution in [0.4, 0.5) is 11.4 Å². The molecule has 9 nitrogen and oxygen atoms in total. The molecule has 0 saturated carbocycles. The summed E-state index contributed by atoms with van der Waals surface area (Å²) in [6.45, 7) is 1.62. The topological polar surface area (TPSA) is 118 Å². The third-order valence-corrected chi connectivity index (χ3v) is 4.56. The second-order valence-corrected chi connectivity index (χ2v) is 7.11. The molecule has 0 fully saturated rings. The number of anilines is 2. The van der Waals surface area contributed by atoms with Gasteiger partial charge in [0.05, 0.1) is 13.3 Å². The van der Waals surface area contributed by atoms with Crippen molar-refractivity contribution >= 4 is 35.3 Å². The van der Waals surface area contributed by atoms with Crippen molar-refractivity contribution in [2.45, 2.75) is 6.92 Å². The van der Waals surface area contributed by atoms with Crippen LogP contribution in [0.3, 0.4) is 0 Å². The Bertz CT molecular complexity index is 1210. The number of methoxy groups -OCH3 is 1. The third-order valence-electron chi connectivity index (χ3n) is 4.56. The smallest absolute Gasteiger partial charge is 0.329 e. The maximum atomic E-state index is 12.1. The van der Waals surface area contributed by atoms with Crippen molar-refractivity contribution in [3.05, 3.63) is 83.9 Å². The highest BCUT2D eigenvalue weighted by Gasteiger charge is 2.13. The summed E-state index contributed by atoms with van der Waals surface area (Å²) in [6.07, 6.45) is 1.36. The van der Waals surface area contributed by atoms with Crippen LogP contribution in [0.15, 0.2) is 77.9 Å². The lowest BCUT2D eigenvalue weighted by molar-refractivity contribution is -0.136. The molecule has 9 heteroatoms. The van der Waals surface area contributed by atoms with Crippen LogP contribution in [0.2, 0.25) is 0 Å². The van der Waals surface area contributed by atoms with Crippen LogP contribution in [0.25, 0.3) is 0 Å². The van der Waals surface area contributed by atoms with Crippen molar-refractivity contribution in [3.63, 3.8) is 0 Å². The Morgan fingerprint density at radius 1 is 0.882 bits per heavy atom. The molecule has 3 amide bonds. The lowest BCUT2D eigenvalue weighted by Crippen LogP contribution is -2.32. The fourth-order valence-corrected chi connectivity index (χ4v) is 2.84. The minimum Gasteiger partial charge on any atom is -0.497 e. The van der Waals surface area contributed by atoms with Crippen molar-refractivity contribution in [3.8, 4) is 11.5 Å². The number of para-hydroxylation sites is 1. The summed E-state index contributed by atoms with van der Waals surface area (Å²) in [5, 5.41) is 9.06. The Kier molecular flexibility index (Phi) is 8.34. The number of nitrogens with zero attached hydrogens (tertiary/aromatic N) is 1. The molecule has 0 radical (unpaired) electrons. The first-order valence-corrected chi connectivity index (χ1v) is 10.3. The van der Waals surface area contributed by atoms with Crippen LogP contribution in [-0.2, 0) is 14.4 Å². The number of ether oxygens (including phenoxy) is 2. The second kappa shape index (κ2) is 11.8. The Balaban J connectivity index is 1.48. The molecule has 0 aromatic heterocycles. The molecule has 0 spiro atoms. The van der Waals surface area contributed by atoms with Gasteiger partial charge in [0.15, 0.2) is 6.61 Å². The number of rotatable bonds is 8. The highest BCUT2D eigenvalue weighted by Crippen LogP contribution is 2.17. The van der Waals surface area contributed by atoms with E-state index in [2.05, 4.69) is 21.2 Å². The maximum absolute atomic E-state index is 12.1. The van der Waals surface area contributed by atoms with Gasteiger partial charge in [-0.3, -0.25) is 14.4 Å². The van der Waals surface area contributed by atoms with Crippen LogP contribution in [-0.4, -0.2) is 37.7 Å². The van der Waals surface area contributed by atoms with Crippen molar-refractivity contribution in [1.82, 2.24) is 5.43 Å². The third kappa shape index (κ3) is 7.20. The molecular formula is C25H24N4O5. The van der Waals surface area contributed by atoms with E-state index in [9.17, 15) is 14.4 Å². The zero-order valence-electron chi connectivity index (χ0n) is 18.7. The molecular weight excluding hydrogens is 436 g/mol. The van der Waals surface area contributed by atoms with Gasteiger partial charge >= 0.3 is 11.8 Å². The summed E-state index contributed by atoms with van der Waals surface area (Å²) in [5.41, 5.74) is 4.76. The van der Waals surface area contributed by atoms with Gasteiger partial charge in [0.2, 0.25) is 0 Å². The molecule has 0 unspecified atom stereocenters. The normalized spacial score (nSPS) is 10.4. The summed E-state index contributed by atoms with van der Waals surface area (Å²) in [7, 11) is 1.55. The van der Waals surface area contributed by atoms with Gasteiger partial charge in [0.25, 0.3) is 5.91 Å². The molecule has 0 aliphatic heterocycles. The number of nitrogens with one attached hydrogen (secondary N) is 3. The minimum absolute atomic E-state index is 0.201. The van der Waals surface area contributed by atoms with E-state index in [1.165, 1.54) is 6.21 Å². The first-order valence-electron chi connectivity index (χ1n) is 10.3. The predicted molar refractivity (Wildman–Crippen MR) is 129 cm³/mol. The Labute approximate surface area is 196 Å². The van der Waals surface area contributed by atoms with E-state index in [0.29, 0.717) is 28.4 Å². The summed E-state index contributed by atoms with van der Waals surface area (Å²) < 4.78 is 10.7. The molecule has 3 N–H and O–H groups in total. The highest BCUT2D eigenvalue weighted by atomic mass is 16.5. The highest BCUT2D eigenvalue weighted by molar-refractivity contribution is 6.39. The number of aryl methyl sites for hydroxylation is 1. The van der Waals surface area contributed by atoms with Gasteiger partial charge < -0.3 is 20.1 Å². The molecule has 0 saturated heterocycles. The van der Waals surface area contributed by atoms with Gasteiger partial charge in [-0.25, -0.2) is 5.43 Å². The van der Waals surface area contributed by atoms with Gasteiger partial charge in [-0.15, -0.1) is 0 Å². The zero-order valence-corrected chi connectivity index (χ0v) is 18.7. The first-order chi connectivity index (χ1) is 16.4. The van der Waals surface area contributed by atoms with E-state index in [1.54, 1.807) is 67.8 Å². The molecule has 3 aromatic rings. The van der Waals surface area contributed by atoms with E-state index >= 15 is 0 Å². The summed E-state index contributed by atoms with van der Waals surface area (Å²) >= 11 is 0. The van der Waals surface area contributed by atoms with Crippen molar-refractivity contribution in [2.75, 3.05) is 24.4 Å². The number of amides is 3. The Hall–Kier alpha value is -4.66. The number of hydrogen-bond donors (Lipinski definition) is 3. The quantitative estimate of drug-likeness (QED) is 0.271. The second-order valence-electron chi connectivity index (χ2n) is 7.11. The standard InChI is InChI=1S/C25H24N4O5/c1-17-7-3-4-12-22(17)28-24(31)25(32)29-26-15-18-8-5-11-21(13-18)34-16-23(30)27-19-9-6-10-20(14-19)33-2/h3-15H,16H2,1-2H3,(H,27,30)(H,28,31)(H,29,32)/b26-15-. The van der Waals surface area contributed by atoms with Crippen molar-refractivity contribution in [1.29, 1.82) is 0 Å². The van der Waals surface area contributed by atoms with Crippen molar-refractivity contribution < 1.29 is 23.9 Å².